The van der Waals surface area contributed by atoms with Crippen molar-refractivity contribution in [3.8, 4) is 0 Å². The molecule has 4 nitrogen and oxygen atoms in total. The molecule has 1 amide bonds. The van der Waals surface area contributed by atoms with Gasteiger partial charge in [0, 0.05) is 13.6 Å². The maximum Gasteiger partial charge on any atom is 0.227 e. The molecule has 1 aliphatic heterocycles. The molecule has 1 aliphatic rings. The Balaban J connectivity index is 1.62. The third kappa shape index (κ3) is 3.09. The van der Waals surface area contributed by atoms with E-state index < -0.39 is 0 Å². The summed E-state index contributed by atoms with van der Waals surface area (Å²) in [7, 11) is 2.02. The van der Waals surface area contributed by atoms with Crippen LogP contribution in [0.1, 0.15) is 36.7 Å². The lowest BCUT2D eigenvalue weighted by Crippen LogP contribution is -2.40. The zero-order valence-electron chi connectivity index (χ0n) is 14.9. The first-order valence-corrected chi connectivity index (χ1v) is 9.09. The van der Waals surface area contributed by atoms with Gasteiger partial charge < -0.3 is 9.47 Å². The van der Waals surface area contributed by atoms with E-state index in [1.807, 2.05) is 30.1 Å². The molecule has 2 heterocycles. The minimum atomic E-state index is -0.281. The summed E-state index contributed by atoms with van der Waals surface area (Å²) in [6.45, 7) is 0.744. The summed E-state index contributed by atoms with van der Waals surface area (Å²) in [6.07, 6.45) is 3.32. The summed E-state index contributed by atoms with van der Waals surface area (Å²) in [5, 5.41) is 0. The number of amides is 1. The molecule has 1 saturated heterocycles. The van der Waals surface area contributed by atoms with Gasteiger partial charge in [0.1, 0.15) is 11.6 Å². The van der Waals surface area contributed by atoms with E-state index in [2.05, 4.69) is 10.6 Å². The lowest BCUT2D eigenvalue weighted by Gasteiger charge is -2.35. The summed E-state index contributed by atoms with van der Waals surface area (Å²) in [5.41, 5.74) is 2.88. The van der Waals surface area contributed by atoms with E-state index in [1.165, 1.54) is 12.1 Å². The molecule has 1 fully saturated rings. The predicted octanol–water partition coefficient (Wildman–Crippen LogP) is 4.01. The van der Waals surface area contributed by atoms with E-state index in [0.29, 0.717) is 6.42 Å². The molecule has 5 heteroatoms. The van der Waals surface area contributed by atoms with Crippen LogP contribution in [0, 0.1) is 5.82 Å². The average Bonchev–Trinajstić information content (AvgIpc) is 3.00. The molecule has 0 bridgehead atoms. The van der Waals surface area contributed by atoms with Crippen molar-refractivity contribution in [1.29, 1.82) is 0 Å². The molecule has 1 atom stereocenters. The Morgan fingerprint density at radius 2 is 1.92 bits per heavy atom. The summed E-state index contributed by atoms with van der Waals surface area (Å²) < 4.78 is 15.2. The first-order chi connectivity index (χ1) is 12.6. The molecule has 134 valence electrons. The lowest BCUT2D eigenvalue weighted by atomic mass is 10.00. The minimum Gasteiger partial charge on any atom is -0.332 e. The first kappa shape index (κ1) is 16.8. The van der Waals surface area contributed by atoms with Gasteiger partial charge >= 0.3 is 0 Å². The molecular weight excluding hydrogens is 329 g/mol. The number of hydrogen-bond acceptors (Lipinski definition) is 2. The van der Waals surface area contributed by atoms with E-state index in [9.17, 15) is 9.18 Å². The van der Waals surface area contributed by atoms with Crippen LogP contribution in [0.4, 0.5) is 4.39 Å². The minimum absolute atomic E-state index is 0.00546. The number of nitrogens with zero attached hydrogens (tertiary/aromatic N) is 3. The molecule has 0 N–H and O–H groups in total. The van der Waals surface area contributed by atoms with E-state index >= 15 is 0 Å². The fraction of sp³-hybridized carbons (Fsp3) is 0.333. The molecule has 0 radical (unpaired) electrons. The second kappa shape index (κ2) is 6.90. The number of carbonyl (C=O) groups excluding carboxylic acids is 1. The molecule has 0 saturated carbocycles. The number of halogens is 1. The van der Waals surface area contributed by atoms with Crippen molar-refractivity contribution >= 4 is 16.9 Å². The number of hydrogen-bond donors (Lipinski definition) is 0. The van der Waals surface area contributed by atoms with Crippen LogP contribution in [0.5, 0.6) is 0 Å². The highest BCUT2D eigenvalue weighted by molar-refractivity contribution is 5.80. The standard InChI is InChI=1S/C21H22FN3O/c1-24-18-7-3-2-6-17(18)23-21(24)19-8-4-5-13-25(19)20(26)14-15-9-11-16(22)12-10-15/h2-3,6-7,9-12,19H,4-5,8,13-14H2,1H3/t19-/m1/s1. The highest BCUT2D eigenvalue weighted by Gasteiger charge is 2.31. The maximum absolute atomic E-state index is 13.1. The normalized spacial score (nSPS) is 17.6. The van der Waals surface area contributed by atoms with E-state index in [4.69, 9.17) is 4.98 Å². The van der Waals surface area contributed by atoms with E-state index in [1.54, 1.807) is 12.1 Å². The van der Waals surface area contributed by atoms with Crippen LogP contribution in [0.3, 0.4) is 0 Å². The Labute approximate surface area is 152 Å². The molecule has 0 spiro atoms. The topological polar surface area (TPSA) is 38.1 Å². The third-order valence-electron chi connectivity index (χ3n) is 5.21. The fourth-order valence-electron chi connectivity index (χ4n) is 3.84. The van der Waals surface area contributed by atoms with Gasteiger partial charge in [-0.05, 0) is 49.1 Å². The van der Waals surface area contributed by atoms with Gasteiger partial charge in [-0.25, -0.2) is 9.37 Å². The van der Waals surface area contributed by atoms with Gasteiger partial charge in [-0.15, -0.1) is 0 Å². The number of aromatic nitrogens is 2. The van der Waals surface area contributed by atoms with Crippen molar-refractivity contribution in [2.75, 3.05) is 6.54 Å². The quantitative estimate of drug-likeness (QED) is 0.715. The highest BCUT2D eigenvalue weighted by Crippen LogP contribution is 2.32. The molecule has 0 unspecified atom stereocenters. The van der Waals surface area contributed by atoms with Gasteiger partial charge in [0.15, 0.2) is 0 Å². The Bertz CT molecular complexity index is 932. The highest BCUT2D eigenvalue weighted by atomic mass is 19.1. The summed E-state index contributed by atoms with van der Waals surface area (Å²) in [6, 6.07) is 14.2. The number of aryl methyl sites for hydroxylation is 1. The van der Waals surface area contributed by atoms with E-state index in [-0.39, 0.29) is 17.8 Å². The van der Waals surface area contributed by atoms with Gasteiger partial charge in [0.2, 0.25) is 5.91 Å². The number of piperidine rings is 1. The second-order valence-corrected chi connectivity index (χ2v) is 6.92. The zero-order chi connectivity index (χ0) is 18.1. The third-order valence-corrected chi connectivity index (χ3v) is 5.21. The van der Waals surface area contributed by atoms with Gasteiger partial charge in [0.05, 0.1) is 23.5 Å². The first-order valence-electron chi connectivity index (χ1n) is 9.09. The fourth-order valence-corrected chi connectivity index (χ4v) is 3.84. The molecule has 26 heavy (non-hydrogen) atoms. The molecule has 0 aliphatic carbocycles. The van der Waals surface area contributed by atoms with Crippen molar-refractivity contribution in [2.24, 2.45) is 7.05 Å². The molecule has 4 rings (SSSR count). The monoisotopic (exact) mass is 351 g/mol. The predicted molar refractivity (Wildman–Crippen MR) is 99.1 cm³/mol. The Hall–Kier alpha value is -2.69. The Morgan fingerprint density at radius 3 is 2.69 bits per heavy atom. The van der Waals surface area contributed by atoms with Gasteiger partial charge in [-0.3, -0.25) is 4.79 Å². The number of imidazole rings is 1. The molecular formula is C21H22FN3O. The van der Waals surface area contributed by atoms with Crippen LogP contribution in [0.2, 0.25) is 0 Å². The number of likely N-dealkylation sites (tertiary alicyclic amines) is 1. The largest absolute Gasteiger partial charge is 0.332 e. The molecule has 2 aromatic carbocycles. The Morgan fingerprint density at radius 1 is 1.15 bits per heavy atom. The van der Waals surface area contributed by atoms with Crippen molar-refractivity contribution < 1.29 is 9.18 Å². The number of rotatable bonds is 3. The van der Waals surface area contributed by atoms with Crippen LogP contribution < -0.4 is 0 Å². The van der Waals surface area contributed by atoms with Gasteiger partial charge in [0.25, 0.3) is 0 Å². The van der Waals surface area contributed by atoms with Crippen LogP contribution in [0.25, 0.3) is 11.0 Å². The van der Waals surface area contributed by atoms with Gasteiger partial charge in [-0.1, -0.05) is 24.3 Å². The summed E-state index contributed by atoms with van der Waals surface area (Å²) >= 11 is 0. The number of fused-ring (bicyclic) bond motifs is 1. The van der Waals surface area contributed by atoms with Crippen molar-refractivity contribution in [2.45, 2.75) is 31.7 Å². The smallest absolute Gasteiger partial charge is 0.227 e. The summed E-state index contributed by atoms with van der Waals surface area (Å²) in [5.74, 6) is 0.739. The van der Waals surface area contributed by atoms with Gasteiger partial charge in [-0.2, -0.15) is 0 Å². The zero-order valence-corrected chi connectivity index (χ0v) is 14.9. The van der Waals surface area contributed by atoms with Crippen LogP contribution >= 0.6 is 0 Å². The summed E-state index contributed by atoms with van der Waals surface area (Å²) in [4.78, 5) is 19.7. The Kier molecular flexibility index (Phi) is 4.45. The second-order valence-electron chi connectivity index (χ2n) is 6.92. The average molecular weight is 351 g/mol. The van der Waals surface area contributed by atoms with Crippen LogP contribution in [-0.4, -0.2) is 26.9 Å². The van der Waals surface area contributed by atoms with Crippen molar-refractivity contribution in [1.82, 2.24) is 14.5 Å². The number of carbonyl (C=O) groups is 1. The van der Waals surface area contributed by atoms with Crippen LogP contribution in [0.15, 0.2) is 48.5 Å². The van der Waals surface area contributed by atoms with Crippen molar-refractivity contribution in [3.05, 3.63) is 65.7 Å². The number of para-hydroxylation sites is 2. The van der Waals surface area contributed by atoms with E-state index in [0.717, 1.165) is 48.2 Å². The molecule has 3 aromatic rings. The van der Waals surface area contributed by atoms with Crippen molar-refractivity contribution in [3.63, 3.8) is 0 Å². The maximum atomic E-state index is 13.1. The SMILES string of the molecule is Cn1c([C@H]2CCCCN2C(=O)Cc2ccc(F)cc2)nc2ccccc21. The lowest BCUT2D eigenvalue weighted by molar-refractivity contribution is -0.134. The molecule has 1 aromatic heterocycles. The van der Waals surface area contributed by atoms with Crippen LogP contribution in [-0.2, 0) is 18.3 Å². The number of benzene rings is 2.